The smallest absolute Gasteiger partial charge is 0.241 e. The Morgan fingerprint density at radius 1 is 1.33 bits per heavy atom. The number of fused-ring (bicyclic) bond motifs is 1. The van der Waals surface area contributed by atoms with Crippen molar-refractivity contribution in [2.45, 2.75) is 57.9 Å². The SMILES string of the molecule is CC1CN(CC(=O)N2CC(C)(C)c3cnc(C4=CCCCC4)cc32)CCN1.COC. The molecule has 0 radical (unpaired) electrons. The van der Waals surface area contributed by atoms with Gasteiger partial charge in [-0.1, -0.05) is 19.9 Å². The maximum atomic E-state index is 13.2. The van der Waals surface area contributed by atoms with E-state index in [1.54, 1.807) is 14.2 Å². The highest BCUT2D eigenvalue weighted by Gasteiger charge is 2.39. The van der Waals surface area contributed by atoms with Crippen LogP contribution in [0.5, 0.6) is 0 Å². The molecule has 1 atom stereocenters. The van der Waals surface area contributed by atoms with Gasteiger partial charge in [0.1, 0.15) is 0 Å². The number of anilines is 1. The first-order valence-corrected chi connectivity index (χ1v) is 11.2. The molecular weight excluding hydrogens is 376 g/mol. The first kappa shape index (κ1) is 22.9. The van der Waals surface area contributed by atoms with Crippen LogP contribution in [0.25, 0.3) is 5.57 Å². The van der Waals surface area contributed by atoms with Crippen LogP contribution in [0.15, 0.2) is 18.3 Å². The first-order chi connectivity index (χ1) is 14.4. The number of carbonyl (C=O) groups excluding carboxylic acids is 1. The van der Waals surface area contributed by atoms with Crippen molar-refractivity contribution in [3.8, 4) is 0 Å². The fourth-order valence-electron chi connectivity index (χ4n) is 4.66. The number of rotatable bonds is 3. The lowest BCUT2D eigenvalue weighted by Gasteiger charge is -2.32. The van der Waals surface area contributed by atoms with Gasteiger partial charge in [0, 0.05) is 63.6 Å². The van der Waals surface area contributed by atoms with Gasteiger partial charge in [-0.05, 0) is 44.2 Å². The van der Waals surface area contributed by atoms with Crippen LogP contribution in [0.3, 0.4) is 0 Å². The molecule has 1 fully saturated rings. The minimum atomic E-state index is -0.0474. The number of nitrogens with one attached hydrogen (secondary N) is 1. The molecule has 30 heavy (non-hydrogen) atoms. The van der Waals surface area contributed by atoms with Crippen molar-refractivity contribution in [1.29, 1.82) is 0 Å². The second-order valence-electron chi connectivity index (χ2n) is 9.42. The minimum Gasteiger partial charge on any atom is -0.388 e. The van der Waals surface area contributed by atoms with Crippen molar-refractivity contribution in [3.05, 3.63) is 29.6 Å². The number of methoxy groups -OCH3 is 1. The molecule has 0 bridgehead atoms. The lowest BCUT2D eigenvalue weighted by Crippen LogP contribution is -2.52. The molecule has 1 unspecified atom stereocenters. The zero-order valence-electron chi connectivity index (χ0n) is 19.3. The van der Waals surface area contributed by atoms with E-state index < -0.39 is 0 Å². The van der Waals surface area contributed by atoms with Crippen molar-refractivity contribution < 1.29 is 9.53 Å². The first-order valence-electron chi connectivity index (χ1n) is 11.2. The average molecular weight is 415 g/mol. The summed E-state index contributed by atoms with van der Waals surface area (Å²) in [6.07, 6.45) is 9.09. The highest BCUT2D eigenvalue weighted by molar-refractivity contribution is 5.98. The minimum absolute atomic E-state index is 0.0474. The number of hydrogen-bond donors (Lipinski definition) is 1. The number of carbonyl (C=O) groups is 1. The maximum absolute atomic E-state index is 13.2. The molecule has 1 amide bonds. The molecule has 0 saturated carbocycles. The van der Waals surface area contributed by atoms with Gasteiger partial charge < -0.3 is 15.0 Å². The largest absolute Gasteiger partial charge is 0.388 e. The van der Waals surface area contributed by atoms with Crippen molar-refractivity contribution >= 4 is 17.2 Å². The van der Waals surface area contributed by atoms with Crippen LogP contribution >= 0.6 is 0 Å². The van der Waals surface area contributed by atoms with Crippen LogP contribution in [0.2, 0.25) is 0 Å². The number of allylic oxidation sites excluding steroid dienone is 2. The molecule has 1 aromatic heterocycles. The van der Waals surface area contributed by atoms with Gasteiger partial charge in [0.2, 0.25) is 5.91 Å². The van der Waals surface area contributed by atoms with E-state index in [9.17, 15) is 4.79 Å². The van der Waals surface area contributed by atoms with Crippen LogP contribution in [0, 0.1) is 0 Å². The maximum Gasteiger partial charge on any atom is 0.241 e. The average Bonchev–Trinajstić information content (AvgIpc) is 3.00. The summed E-state index contributed by atoms with van der Waals surface area (Å²) in [5, 5.41) is 3.45. The summed E-state index contributed by atoms with van der Waals surface area (Å²) in [6, 6.07) is 2.61. The number of nitrogens with zero attached hydrogens (tertiary/aromatic N) is 3. The summed E-state index contributed by atoms with van der Waals surface area (Å²) in [5.74, 6) is 0.214. The predicted molar refractivity (Wildman–Crippen MR) is 123 cm³/mol. The Kier molecular flexibility index (Phi) is 7.66. The number of ether oxygens (including phenoxy) is 1. The number of hydrogen-bond acceptors (Lipinski definition) is 5. The molecule has 6 nitrogen and oxygen atoms in total. The Morgan fingerprint density at radius 3 is 2.77 bits per heavy atom. The van der Waals surface area contributed by atoms with E-state index in [0.717, 1.165) is 50.4 Å². The molecule has 0 aromatic carbocycles. The zero-order valence-corrected chi connectivity index (χ0v) is 19.3. The Bertz CT molecular complexity index is 774. The fourth-order valence-corrected chi connectivity index (χ4v) is 4.66. The quantitative estimate of drug-likeness (QED) is 0.823. The van der Waals surface area contributed by atoms with Gasteiger partial charge >= 0.3 is 0 Å². The van der Waals surface area contributed by atoms with Crippen molar-refractivity contribution in [3.63, 3.8) is 0 Å². The molecule has 4 rings (SSSR count). The third-order valence-electron chi connectivity index (χ3n) is 6.19. The number of amides is 1. The summed E-state index contributed by atoms with van der Waals surface area (Å²) >= 11 is 0. The monoisotopic (exact) mass is 414 g/mol. The third-order valence-corrected chi connectivity index (χ3v) is 6.19. The van der Waals surface area contributed by atoms with Crippen molar-refractivity contribution in [2.75, 3.05) is 51.8 Å². The standard InChI is InChI=1S/C22H32N4O.C2H6O/c1-16-13-25(10-9-23-16)14-21(27)26-15-22(2,3)18-12-24-19(11-20(18)26)17-7-5-4-6-8-17;1-3-2/h7,11-12,16,23H,4-6,8-10,13-15H2,1-3H3;1-2H3. The van der Waals surface area contributed by atoms with Crippen LogP contribution in [0.1, 0.15) is 57.7 Å². The molecule has 3 heterocycles. The Balaban J connectivity index is 0.000000806. The van der Waals surface area contributed by atoms with Crippen LogP contribution in [-0.4, -0.2) is 68.8 Å². The lowest BCUT2D eigenvalue weighted by molar-refractivity contribution is -0.120. The summed E-state index contributed by atoms with van der Waals surface area (Å²) in [5.41, 5.74) is 4.62. The van der Waals surface area contributed by atoms with E-state index in [2.05, 4.69) is 47.9 Å². The van der Waals surface area contributed by atoms with Gasteiger partial charge in [0.05, 0.1) is 17.9 Å². The van der Waals surface area contributed by atoms with Gasteiger partial charge in [0.15, 0.2) is 0 Å². The van der Waals surface area contributed by atoms with E-state index >= 15 is 0 Å². The predicted octanol–water partition coefficient (Wildman–Crippen LogP) is 3.22. The van der Waals surface area contributed by atoms with Crippen molar-refractivity contribution in [1.82, 2.24) is 15.2 Å². The van der Waals surface area contributed by atoms with E-state index in [1.165, 1.54) is 24.0 Å². The molecule has 1 aliphatic carbocycles. The highest BCUT2D eigenvalue weighted by atomic mass is 16.4. The van der Waals surface area contributed by atoms with E-state index in [0.29, 0.717) is 12.6 Å². The van der Waals surface area contributed by atoms with Gasteiger partial charge in [0.25, 0.3) is 0 Å². The van der Waals surface area contributed by atoms with Gasteiger partial charge in [-0.3, -0.25) is 14.7 Å². The van der Waals surface area contributed by atoms with Crippen LogP contribution in [0.4, 0.5) is 5.69 Å². The van der Waals surface area contributed by atoms with Crippen LogP contribution in [-0.2, 0) is 14.9 Å². The van der Waals surface area contributed by atoms with E-state index in [1.807, 2.05) is 11.1 Å². The molecule has 166 valence electrons. The molecule has 3 aliphatic rings. The second kappa shape index (κ2) is 10.0. The third kappa shape index (κ3) is 5.29. The summed E-state index contributed by atoms with van der Waals surface area (Å²) in [4.78, 5) is 22.2. The zero-order chi connectivity index (χ0) is 21.7. The van der Waals surface area contributed by atoms with Gasteiger partial charge in [-0.25, -0.2) is 0 Å². The summed E-state index contributed by atoms with van der Waals surface area (Å²) in [6.45, 7) is 10.7. The van der Waals surface area contributed by atoms with E-state index in [-0.39, 0.29) is 11.3 Å². The van der Waals surface area contributed by atoms with Gasteiger partial charge in [-0.2, -0.15) is 0 Å². The lowest BCUT2D eigenvalue weighted by atomic mass is 9.87. The Morgan fingerprint density at radius 2 is 2.10 bits per heavy atom. The van der Waals surface area contributed by atoms with Gasteiger partial charge in [-0.15, -0.1) is 0 Å². The molecular formula is C24H38N4O2. The summed E-state index contributed by atoms with van der Waals surface area (Å²) < 4.78 is 4.25. The highest BCUT2D eigenvalue weighted by Crippen LogP contribution is 2.41. The topological polar surface area (TPSA) is 57.7 Å². The Labute approximate surface area is 181 Å². The Hall–Kier alpha value is -1.76. The normalized spacial score (nSPS) is 23.3. The number of pyridine rings is 1. The molecule has 2 aliphatic heterocycles. The van der Waals surface area contributed by atoms with E-state index in [4.69, 9.17) is 4.98 Å². The number of aromatic nitrogens is 1. The second-order valence-corrected chi connectivity index (χ2v) is 9.42. The molecule has 6 heteroatoms. The molecule has 1 N–H and O–H groups in total. The fraction of sp³-hybridized carbons (Fsp3) is 0.667. The molecule has 0 spiro atoms. The number of piperazine rings is 1. The van der Waals surface area contributed by atoms with Crippen LogP contribution < -0.4 is 10.2 Å². The molecule has 1 aromatic rings. The van der Waals surface area contributed by atoms with Crippen molar-refractivity contribution in [2.24, 2.45) is 0 Å². The molecule has 1 saturated heterocycles. The summed E-state index contributed by atoms with van der Waals surface area (Å²) in [7, 11) is 3.25.